The van der Waals surface area contributed by atoms with E-state index < -0.39 is 10.0 Å². The van der Waals surface area contributed by atoms with E-state index in [2.05, 4.69) is 10.6 Å². The lowest BCUT2D eigenvalue weighted by molar-refractivity contribution is -0.122. The van der Waals surface area contributed by atoms with E-state index >= 15 is 0 Å². The molecule has 0 aromatic heterocycles. The number of amides is 1. The monoisotopic (exact) mass is 351 g/mol. The molecular weight excluding hydrogens is 326 g/mol. The van der Waals surface area contributed by atoms with Gasteiger partial charge in [0.15, 0.2) is 0 Å². The summed E-state index contributed by atoms with van der Waals surface area (Å²) in [5, 5.41) is 6.05. The van der Waals surface area contributed by atoms with Gasteiger partial charge in [-0.3, -0.25) is 4.79 Å². The smallest absolute Gasteiger partial charge is 0.243 e. The van der Waals surface area contributed by atoms with Crippen LogP contribution in [0.2, 0.25) is 0 Å². The van der Waals surface area contributed by atoms with E-state index in [1.807, 2.05) is 6.07 Å². The second-order valence-electron chi connectivity index (χ2n) is 6.48. The third-order valence-corrected chi connectivity index (χ3v) is 6.59. The van der Waals surface area contributed by atoms with Crippen LogP contribution in [0.3, 0.4) is 0 Å². The molecule has 0 spiro atoms. The molecule has 3 rings (SSSR count). The van der Waals surface area contributed by atoms with E-state index in [4.69, 9.17) is 0 Å². The van der Waals surface area contributed by atoms with Crippen LogP contribution in [0.1, 0.15) is 37.7 Å². The molecule has 2 heterocycles. The van der Waals surface area contributed by atoms with Gasteiger partial charge in [0, 0.05) is 19.6 Å². The van der Waals surface area contributed by atoms with Crippen LogP contribution in [-0.4, -0.2) is 44.3 Å². The molecule has 132 valence electrons. The molecule has 0 saturated carbocycles. The van der Waals surface area contributed by atoms with Crippen LogP contribution < -0.4 is 10.6 Å². The fraction of sp³-hybridized carbons (Fsp3) is 0.588. The molecule has 6 nitrogen and oxygen atoms in total. The van der Waals surface area contributed by atoms with Crippen molar-refractivity contribution in [3.8, 4) is 0 Å². The molecule has 0 bridgehead atoms. The third-order valence-electron chi connectivity index (χ3n) is 4.69. The standard InChI is InChI=1S/C17H25N3O3S/c21-17(16-8-5-9-18-16)19-13-14-6-4-7-15(12-14)24(22,23)20-10-2-1-3-11-20/h4,6-7,12,16,18H,1-3,5,8-11,13H2,(H,19,21). The summed E-state index contributed by atoms with van der Waals surface area (Å²) in [6.07, 6.45) is 4.80. The van der Waals surface area contributed by atoms with E-state index in [1.165, 1.54) is 0 Å². The molecule has 0 aliphatic carbocycles. The quantitative estimate of drug-likeness (QED) is 0.836. The number of sulfonamides is 1. The Morgan fingerprint density at radius 2 is 2.00 bits per heavy atom. The lowest BCUT2D eigenvalue weighted by Crippen LogP contribution is -2.40. The predicted molar refractivity (Wildman–Crippen MR) is 91.9 cm³/mol. The average molecular weight is 351 g/mol. The molecule has 2 saturated heterocycles. The van der Waals surface area contributed by atoms with Crippen molar-refractivity contribution in [3.05, 3.63) is 29.8 Å². The van der Waals surface area contributed by atoms with Crippen molar-refractivity contribution in [1.29, 1.82) is 0 Å². The fourth-order valence-corrected chi connectivity index (χ4v) is 4.88. The number of nitrogens with one attached hydrogen (secondary N) is 2. The zero-order chi connectivity index (χ0) is 17.0. The Morgan fingerprint density at radius 1 is 1.21 bits per heavy atom. The van der Waals surface area contributed by atoms with Crippen molar-refractivity contribution in [1.82, 2.24) is 14.9 Å². The van der Waals surface area contributed by atoms with Crippen LogP contribution in [0.25, 0.3) is 0 Å². The van der Waals surface area contributed by atoms with Crippen molar-refractivity contribution in [2.24, 2.45) is 0 Å². The Hall–Kier alpha value is -1.44. The van der Waals surface area contributed by atoms with E-state index in [9.17, 15) is 13.2 Å². The van der Waals surface area contributed by atoms with Crippen molar-refractivity contribution in [2.75, 3.05) is 19.6 Å². The molecule has 0 radical (unpaired) electrons. The van der Waals surface area contributed by atoms with Crippen LogP contribution in [0.15, 0.2) is 29.2 Å². The van der Waals surface area contributed by atoms with E-state index in [0.717, 1.165) is 44.2 Å². The van der Waals surface area contributed by atoms with Gasteiger partial charge in [-0.15, -0.1) is 0 Å². The van der Waals surface area contributed by atoms with Gasteiger partial charge in [0.05, 0.1) is 10.9 Å². The van der Waals surface area contributed by atoms with Gasteiger partial charge in [0.1, 0.15) is 0 Å². The second-order valence-corrected chi connectivity index (χ2v) is 8.42. The third kappa shape index (κ3) is 3.96. The lowest BCUT2D eigenvalue weighted by Gasteiger charge is -2.26. The highest BCUT2D eigenvalue weighted by atomic mass is 32.2. The Balaban J connectivity index is 1.66. The summed E-state index contributed by atoms with van der Waals surface area (Å²) in [5.74, 6) is -0.0169. The molecule has 2 aliphatic rings. The second kappa shape index (κ2) is 7.63. The van der Waals surface area contributed by atoms with Crippen LogP contribution in [0.5, 0.6) is 0 Å². The first-order chi connectivity index (χ1) is 11.6. The predicted octanol–water partition coefficient (Wildman–Crippen LogP) is 1.23. The van der Waals surface area contributed by atoms with Gasteiger partial charge in [-0.2, -0.15) is 4.31 Å². The van der Waals surface area contributed by atoms with Crippen LogP contribution in [0, 0.1) is 0 Å². The van der Waals surface area contributed by atoms with Crippen LogP contribution in [-0.2, 0) is 21.4 Å². The lowest BCUT2D eigenvalue weighted by atomic mass is 10.2. The maximum Gasteiger partial charge on any atom is 0.243 e. The molecule has 7 heteroatoms. The Labute approximate surface area is 143 Å². The zero-order valence-electron chi connectivity index (χ0n) is 13.8. The largest absolute Gasteiger partial charge is 0.351 e. The minimum atomic E-state index is -3.43. The topological polar surface area (TPSA) is 78.5 Å². The highest BCUT2D eigenvalue weighted by molar-refractivity contribution is 7.89. The molecule has 1 unspecified atom stereocenters. The molecule has 1 atom stereocenters. The first-order valence-electron chi connectivity index (χ1n) is 8.67. The summed E-state index contributed by atoms with van der Waals surface area (Å²) in [7, 11) is -3.43. The number of piperidine rings is 1. The first kappa shape index (κ1) is 17.4. The average Bonchev–Trinajstić information content (AvgIpc) is 3.15. The van der Waals surface area contributed by atoms with Gasteiger partial charge >= 0.3 is 0 Å². The van der Waals surface area contributed by atoms with Gasteiger partial charge in [0.2, 0.25) is 15.9 Å². The summed E-state index contributed by atoms with van der Waals surface area (Å²) in [6, 6.07) is 6.77. The summed E-state index contributed by atoms with van der Waals surface area (Å²) >= 11 is 0. The Bertz CT molecular complexity index is 678. The maximum absolute atomic E-state index is 12.7. The summed E-state index contributed by atoms with van der Waals surface area (Å²) < 4.78 is 27.0. The van der Waals surface area contributed by atoms with Crippen molar-refractivity contribution < 1.29 is 13.2 Å². The van der Waals surface area contributed by atoms with Gasteiger partial charge in [-0.05, 0) is 49.9 Å². The number of hydrogen-bond acceptors (Lipinski definition) is 4. The molecule has 24 heavy (non-hydrogen) atoms. The Kier molecular flexibility index (Phi) is 5.53. The number of nitrogens with zero attached hydrogens (tertiary/aromatic N) is 1. The molecular formula is C17H25N3O3S. The van der Waals surface area contributed by atoms with Crippen molar-refractivity contribution >= 4 is 15.9 Å². The molecule has 2 fully saturated rings. The van der Waals surface area contributed by atoms with E-state index in [1.54, 1.807) is 22.5 Å². The SMILES string of the molecule is O=C(NCc1cccc(S(=O)(=O)N2CCCCC2)c1)C1CCCN1. The van der Waals surface area contributed by atoms with Crippen LogP contribution >= 0.6 is 0 Å². The van der Waals surface area contributed by atoms with Gasteiger partial charge < -0.3 is 10.6 Å². The minimum Gasteiger partial charge on any atom is -0.351 e. The number of benzene rings is 1. The van der Waals surface area contributed by atoms with Gasteiger partial charge in [0.25, 0.3) is 0 Å². The van der Waals surface area contributed by atoms with Crippen molar-refractivity contribution in [2.45, 2.75) is 49.6 Å². The summed E-state index contributed by atoms with van der Waals surface area (Å²) in [6.45, 7) is 2.41. The molecule has 1 aromatic rings. The normalized spacial score (nSPS) is 22.4. The Morgan fingerprint density at radius 3 is 2.71 bits per heavy atom. The number of hydrogen-bond donors (Lipinski definition) is 2. The highest BCUT2D eigenvalue weighted by Gasteiger charge is 2.26. The summed E-state index contributed by atoms with van der Waals surface area (Å²) in [4.78, 5) is 12.4. The summed E-state index contributed by atoms with van der Waals surface area (Å²) in [5.41, 5.74) is 0.805. The van der Waals surface area contributed by atoms with E-state index in [0.29, 0.717) is 24.5 Å². The number of rotatable bonds is 5. The van der Waals surface area contributed by atoms with Crippen molar-refractivity contribution in [3.63, 3.8) is 0 Å². The van der Waals surface area contributed by atoms with Gasteiger partial charge in [-0.1, -0.05) is 18.6 Å². The molecule has 2 aliphatic heterocycles. The number of carbonyl (C=O) groups excluding carboxylic acids is 1. The van der Waals surface area contributed by atoms with Gasteiger partial charge in [-0.25, -0.2) is 8.42 Å². The number of carbonyl (C=O) groups is 1. The molecule has 1 amide bonds. The zero-order valence-corrected chi connectivity index (χ0v) is 14.6. The first-order valence-corrected chi connectivity index (χ1v) is 10.1. The molecule has 2 N–H and O–H groups in total. The minimum absolute atomic E-state index is 0.0169. The maximum atomic E-state index is 12.7. The molecule has 1 aromatic carbocycles. The van der Waals surface area contributed by atoms with Crippen LogP contribution in [0.4, 0.5) is 0 Å². The van der Waals surface area contributed by atoms with E-state index in [-0.39, 0.29) is 11.9 Å². The fourth-order valence-electron chi connectivity index (χ4n) is 3.29. The highest BCUT2D eigenvalue weighted by Crippen LogP contribution is 2.21.